The van der Waals surface area contributed by atoms with E-state index in [1.54, 1.807) is 11.8 Å². The summed E-state index contributed by atoms with van der Waals surface area (Å²) in [5.41, 5.74) is -0.432. The molecule has 1 amide bonds. The van der Waals surface area contributed by atoms with Crippen LogP contribution in [0.4, 0.5) is 13.2 Å². The Bertz CT molecular complexity index is 835. The van der Waals surface area contributed by atoms with Crippen LogP contribution < -0.4 is 5.32 Å². The summed E-state index contributed by atoms with van der Waals surface area (Å²) in [5.74, 6) is 1.23. The largest absolute Gasteiger partial charge is 0.416 e. The molecule has 0 saturated carbocycles. The van der Waals surface area contributed by atoms with Crippen LogP contribution in [0.25, 0.3) is 0 Å². The summed E-state index contributed by atoms with van der Waals surface area (Å²) in [6, 6.07) is 4.81. The minimum atomic E-state index is -4.42. The lowest BCUT2D eigenvalue weighted by Crippen LogP contribution is -2.28. The van der Waals surface area contributed by atoms with Crippen molar-refractivity contribution in [3.8, 4) is 0 Å². The summed E-state index contributed by atoms with van der Waals surface area (Å²) >= 11 is 1.60. The van der Waals surface area contributed by atoms with Crippen LogP contribution in [0, 0.1) is 0 Å². The van der Waals surface area contributed by atoms with Crippen molar-refractivity contribution in [1.29, 1.82) is 0 Å². The molecule has 6 nitrogen and oxygen atoms in total. The second-order valence-electron chi connectivity index (χ2n) is 6.88. The number of benzene rings is 1. The number of carbonyl (C=O) groups is 1. The van der Waals surface area contributed by atoms with E-state index in [1.165, 1.54) is 12.1 Å². The van der Waals surface area contributed by atoms with Gasteiger partial charge in [-0.1, -0.05) is 30.0 Å². The minimum Gasteiger partial charge on any atom is -0.377 e. The fourth-order valence-electron chi connectivity index (χ4n) is 3.05. The van der Waals surface area contributed by atoms with Gasteiger partial charge in [-0.25, -0.2) is 0 Å². The monoisotopic (exact) mass is 428 g/mol. The van der Waals surface area contributed by atoms with Gasteiger partial charge >= 0.3 is 6.18 Å². The van der Waals surface area contributed by atoms with Crippen molar-refractivity contribution < 1.29 is 22.7 Å². The Morgan fingerprint density at radius 1 is 1.38 bits per heavy atom. The number of aromatic nitrogens is 3. The van der Waals surface area contributed by atoms with Crippen molar-refractivity contribution >= 4 is 17.7 Å². The maximum absolute atomic E-state index is 12.8. The van der Waals surface area contributed by atoms with Crippen LogP contribution >= 0.6 is 11.8 Å². The molecular formula is C19H23F3N4O2S. The average molecular weight is 428 g/mol. The number of thioether (sulfide) groups is 1. The van der Waals surface area contributed by atoms with E-state index in [4.69, 9.17) is 4.74 Å². The second-order valence-corrected chi connectivity index (χ2v) is 7.87. The van der Waals surface area contributed by atoms with Gasteiger partial charge in [0.1, 0.15) is 5.82 Å². The highest BCUT2D eigenvalue weighted by atomic mass is 32.2. The predicted molar refractivity (Wildman–Crippen MR) is 103 cm³/mol. The Kier molecular flexibility index (Phi) is 7.18. The molecule has 1 aromatic heterocycles. The Hall–Kier alpha value is -2.07. The molecule has 1 aliphatic heterocycles. The normalized spacial score (nSPS) is 16.9. The first kappa shape index (κ1) is 21.6. The minimum absolute atomic E-state index is 0.106. The lowest BCUT2D eigenvalue weighted by Gasteiger charge is -2.09. The van der Waals surface area contributed by atoms with Gasteiger partial charge in [0.2, 0.25) is 5.91 Å². The Balaban J connectivity index is 1.44. The highest BCUT2D eigenvalue weighted by molar-refractivity contribution is 7.99. The lowest BCUT2D eigenvalue weighted by atomic mass is 10.1. The number of nitrogens with one attached hydrogen (secondary N) is 1. The number of alkyl halides is 3. The van der Waals surface area contributed by atoms with Crippen LogP contribution in [-0.2, 0) is 35.6 Å². The van der Waals surface area contributed by atoms with Gasteiger partial charge in [0, 0.05) is 32.4 Å². The van der Waals surface area contributed by atoms with Crippen molar-refractivity contribution in [2.45, 2.75) is 43.1 Å². The number of rotatable bonds is 8. The molecule has 1 N–H and O–H groups in total. The number of hydrogen-bond donors (Lipinski definition) is 1. The molecule has 0 aliphatic carbocycles. The van der Waals surface area contributed by atoms with Gasteiger partial charge in [0.15, 0.2) is 5.16 Å². The Morgan fingerprint density at radius 2 is 2.21 bits per heavy atom. The van der Waals surface area contributed by atoms with E-state index >= 15 is 0 Å². The molecule has 1 aromatic carbocycles. The van der Waals surface area contributed by atoms with E-state index < -0.39 is 11.7 Å². The van der Waals surface area contributed by atoms with E-state index in [9.17, 15) is 18.0 Å². The first-order valence-electron chi connectivity index (χ1n) is 9.38. The van der Waals surface area contributed by atoms with E-state index in [2.05, 4.69) is 15.5 Å². The van der Waals surface area contributed by atoms with Crippen molar-refractivity contribution in [2.75, 3.05) is 18.9 Å². The zero-order chi connectivity index (χ0) is 20.9. The molecule has 1 aliphatic rings. The van der Waals surface area contributed by atoms with Crippen molar-refractivity contribution in [3.05, 3.63) is 41.2 Å². The van der Waals surface area contributed by atoms with Gasteiger partial charge in [-0.2, -0.15) is 13.2 Å². The second kappa shape index (κ2) is 9.62. The summed E-state index contributed by atoms with van der Waals surface area (Å²) < 4.78 is 45.7. The zero-order valence-electron chi connectivity index (χ0n) is 16.0. The van der Waals surface area contributed by atoms with Gasteiger partial charge in [-0.05, 0) is 24.5 Å². The molecular weight excluding hydrogens is 405 g/mol. The van der Waals surface area contributed by atoms with Crippen LogP contribution in [-0.4, -0.2) is 45.7 Å². The summed E-state index contributed by atoms with van der Waals surface area (Å²) in [4.78, 5) is 12.1. The molecule has 0 radical (unpaired) electrons. The first-order chi connectivity index (χ1) is 13.8. The summed E-state index contributed by atoms with van der Waals surface area (Å²) in [7, 11) is 1.87. The van der Waals surface area contributed by atoms with Gasteiger partial charge in [0.05, 0.1) is 18.1 Å². The molecule has 0 spiro atoms. The fourth-order valence-corrected chi connectivity index (χ4v) is 4.05. The molecule has 1 fully saturated rings. The van der Waals surface area contributed by atoms with E-state index in [-0.39, 0.29) is 18.4 Å². The van der Waals surface area contributed by atoms with Crippen LogP contribution in [0.2, 0.25) is 0 Å². The molecule has 2 aromatic rings. The SMILES string of the molecule is Cn1c(CCNC(=O)Cc2cccc(C(F)(F)F)c2)nnc1SCC1CCCO1. The number of carbonyl (C=O) groups excluding carboxylic acids is 1. The molecule has 1 atom stereocenters. The van der Waals surface area contributed by atoms with Gasteiger partial charge in [0.25, 0.3) is 0 Å². The first-order valence-corrected chi connectivity index (χ1v) is 10.4. The summed E-state index contributed by atoms with van der Waals surface area (Å²) in [5, 5.41) is 11.9. The summed E-state index contributed by atoms with van der Waals surface area (Å²) in [6.45, 7) is 1.15. The number of amides is 1. The highest BCUT2D eigenvalue weighted by Crippen LogP contribution is 2.29. The Labute approximate surface area is 171 Å². The smallest absolute Gasteiger partial charge is 0.377 e. The third-order valence-corrected chi connectivity index (χ3v) is 5.79. The van der Waals surface area contributed by atoms with Gasteiger partial charge in [-0.15, -0.1) is 10.2 Å². The molecule has 2 heterocycles. The fraction of sp³-hybridized carbons (Fsp3) is 0.526. The number of ether oxygens (including phenoxy) is 1. The van der Waals surface area contributed by atoms with E-state index in [0.717, 1.165) is 48.3 Å². The Morgan fingerprint density at radius 3 is 2.93 bits per heavy atom. The zero-order valence-corrected chi connectivity index (χ0v) is 16.9. The average Bonchev–Trinajstić information content (AvgIpc) is 3.30. The molecule has 0 bridgehead atoms. The third kappa shape index (κ3) is 6.20. The predicted octanol–water partition coefficient (Wildman–Crippen LogP) is 3.01. The van der Waals surface area contributed by atoms with Crippen LogP contribution in [0.3, 0.4) is 0 Å². The van der Waals surface area contributed by atoms with Crippen LogP contribution in [0.1, 0.15) is 29.8 Å². The topological polar surface area (TPSA) is 69.0 Å². The van der Waals surface area contributed by atoms with Gasteiger partial charge < -0.3 is 14.6 Å². The summed E-state index contributed by atoms with van der Waals surface area (Å²) in [6.07, 6.45) is -1.62. The van der Waals surface area contributed by atoms with Crippen molar-refractivity contribution in [2.24, 2.45) is 7.05 Å². The quantitative estimate of drug-likeness (QED) is 0.655. The van der Waals surface area contributed by atoms with E-state index in [1.807, 2.05) is 11.6 Å². The third-order valence-electron chi connectivity index (χ3n) is 4.64. The number of hydrogen-bond acceptors (Lipinski definition) is 5. The molecule has 3 rings (SSSR count). The maximum atomic E-state index is 12.8. The maximum Gasteiger partial charge on any atom is 0.416 e. The van der Waals surface area contributed by atoms with Crippen molar-refractivity contribution in [1.82, 2.24) is 20.1 Å². The van der Waals surface area contributed by atoms with Crippen LogP contribution in [0.15, 0.2) is 29.4 Å². The highest BCUT2D eigenvalue weighted by Gasteiger charge is 2.30. The van der Waals surface area contributed by atoms with Crippen LogP contribution in [0.5, 0.6) is 0 Å². The number of nitrogens with zero attached hydrogens (tertiary/aromatic N) is 3. The van der Waals surface area contributed by atoms with E-state index in [0.29, 0.717) is 18.5 Å². The van der Waals surface area contributed by atoms with Crippen molar-refractivity contribution in [3.63, 3.8) is 0 Å². The lowest BCUT2D eigenvalue weighted by molar-refractivity contribution is -0.137. The molecule has 1 unspecified atom stereocenters. The standard InChI is InChI=1S/C19H23F3N4O2S/c1-26-16(24-25-18(26)29-12-15-6-3-9-28-15)7-8-23-17(27)11-13-4-2-5-14(10-13)19(20,21)22/h2,4-5,10,15H,3,6-9,11-12H2,1H3,(H,23,27). The number of halogens is 3. The molecule has 158 valence electrons. The molecule has 1 saturated heterocycles. The molecule has 10 heteroatoms. The molecule has 29 heavy (non-hydrogen) atoms. The van der Waals surface area contributed by atoms with Gasteiger partial charge in [-0.3, -0.25) is 4.79 Å².